The minimum absolute atomic E-state index is 0.0567. The van der Waals surface area contributed by atoms with Gasteiger partial charge in [0, 0.05) is 7.05 Å². The molecule has 156 valence electrons. The van der Waals surface area contributed by atoms with Gasteiger partial charge in [-0.25, -0.2) is 4.39 Å². The molecule has 0 saturated carbocycles. The predicted molar refractivity (Wildman–Crippen MR) is 117 cm³/mol. The number of halogens is 1. The van der Waals surface area contributed by atoms with Crippen molar-refractivity contribution < 1.29 is 9.18 Å². The van der Waals surface area contributed by atoms with Crippen LogP contribution in [-0.2, 0) is 24.7 Å². The van der Waals surface area contributed by atoms with E-state index >= 15 is 0 Å². The molecular formula is C23H25FN4OS. The van der Waals surface area contributed by atoms with Gasteiger partial charge in [0.25, 0.3) is 0 Å². The van der Waals surface area contributed by atoms with Gasteiger partial charge in [-0.1, -0.05) is 42.1 Å². The van der Waals surface area contributed by atoms with Gasteiger partial charge in [-0.2, -0.15) is 0 Å². The molecule has 1 N–H and O–H groups in total. The first kappa shape index (κ1) is 20.6. The van der Waals surface area contributed by atoms with E-state index in [4.69, 9.17) is 0 Å². The number of nitrogens with zero attached hydrogens (tertiary/aromatic N) is 3. The van der Waals surface area contributed by atoms with Crippen molar-refractivity contribution in [2.24, 2.45) is 7.05 Å². The Kier molecular flexibility index (Phi) is 6.18. The zero-order valence-corrected chi connectivity index (χ0v) is 18.0. The largest absolute Gasteiger partial charge is 0.349 e. The topological polar surface area (TPSA) is 59.8 Å². The highest BCUT2D eigenvalue weighted by Gasteiger charge is 2.17. The lowest BCUT2D eigenvalue weighted by molar-refractivity contribution is -0.119. The second-order valence-corrected chi connectivity index (χ2v) is 8.60. The van der Waals surface area contributed by atoms with E-state index in [1.54, 1.807) is 29.8 Å². The van der Waals surface area contributed by atoms with E-state index in [2.05, 4.69) is 33.7 Å². The maximum absolute atomic E-state index is 14.0. The van der Waals surface area contributed by atoms with Crippen molar-refractivity contribution in [2.75, 3.05) is 5.75 Å². The van der Waals surface area contributed by atoms with Crippen LogP contribution in [0.15, 0.2) is 47.6 Å². The summed E-state index contributed by atoms with van der Waals surface area (Å²) in [5.41, 5.74) is 4.38. The molecule has 30 heavy (non-hydrogen) atoms. The highest BCUT2D eigenvalue weighted by molar-refractivity contribution is 7.99. The third kappa shape index (κ3) is 4.41. The van der Waals surface area contributed by atoms with Crippen LogP contribution in [0, 0.1) is 5.82 Å². The number of hydrogen-bond acceptors (Lipinski definition) is 4. The molecule has 3 aromatic rings. The zero-order chi connectivity index (χ0) is 21.1. The number of nitrogens with one attached hydrogen (secondary N) is 1. The van der Waals surface area contributed by atoms with Crippen molar-refractivity contribution in [3.8, 4) is 11.4 Å². The Hall–Kier alpha value is -2.67. The molecule has 1 aromatic heterocycles. The first-order chi connectivity index (χ1) is 14.5. The van der Waals surface area contributed by atoms with Crippen LogP contribution in [-0.4, -0.2) is 26.4 Å². The molecule has 0 unspecified atom stereocenters. The van der Waals surface area contributed by atoms with E-state index in [0.717, 1.165) is 18.4 Å². The third-order valence-corrected chi connectivity index (χ3v) is 6.55. The average Bonchev–Trinajstić information content (AvgIpc) is 3.12. The molecule has 0 radical (unpaired) electrons. The number of thioether (sulfide) groups is 1. The van der Waals surface area contributed by atoms with Gasteiger partial charge in [0.15, 0.2) is 11.0 Å². The molecule has 1 aliphatic carbocycles. The van der Waals surface area contributed by atoms with Crippen molar-refractivity contribution in [2.45, 2.75) is 43.8 Å². The fourth-order valence-corrected chi connectivity index (χ4v) is 4.56. The smallest absolute Gasteiger partial charge is 0.230 e. The molecule has 0 aliphatic heterocycles. The van der Waals surface area contributed by atoms with E-state index in [-0.39, 0.29) is 23.5 Å². The third-order valence-electron chi connectivity index (χ3n) is 5.53. The lowest BCUT2D eigenvalue weighted by atomic mass is 9.89. The summed E-state index contributed by atoms with van der Waals surface area (Å²) in [5, 5.41) is 11.9. The van der Waals surface area contributed by atoms with Crippen molar-refractivity contribution in [3.05, 3.63) is 65.0 Å². The summed E-state index contributed by atoms with van der Waals surface area (Å²) in [5.74, 6) is 0.249. The normalized spacial score (nSPS) is 14.2. The minimum Gasteiger partial charge on any atom is -0.349 e. The number of carbonyl (C=O) groups excluding carboxylic acids is 1. The second-order valence-electron chi connectivity index (χ2n) is 7.66. The van der Waals surface area contributed by atoms with Crippen molar-refractivity contribution in [3.63, 3.8) is 0 Å². The van der Waals surface area contributed by atoms with Gasteiger partial charge in [-0.15, -0.1) is 10.2 Å². The van der Waals surface area contributed by atoms with E-state index < -0.39 is 0 Å². The molecule has 2 aromatic carbocycles. The quantitative estimate of drug-likeness (QED) is 0.593. The van der Waals surface area contributed by atoms with E-state index in [1.165, 1.54) is 41.8 Å². The Labute approximate surface area is 180 Å². The summed E-state index contributed by atoms with van der Waals surface area (Å²) < 4.78 is 15.7. The first-order valence-corrected chi connectivity index (χ1v) is 11.2. The van der Waals surface area contributed by atoms with Crippen LogP contribution in [0.5, 0.6) is 0 Å². The number of aryl methyl sites for hydroxylation is 2. The van der Waals surface area contributed by atoms with E-state index in [0.29, 0.717) is 16.5 Å². The first-order valence-electron chi connectivity index (χ1n) is 10.2. The lowest BCUT2D eigenvalue weighted by Crippen LogP contribution is -2.28. The number of aromatic nitrogens is 3. The molecule has 1 atom stereocenters. The molecule has 1 amide bonds. The Morgan fingerprint density at radius 3 is 2.73 bits per heavy atom. The maximum atomic E-state index is 14.0. The molecule has 0 bridgehead atoms. The molecule has 1 aliphatic rings. The second kappa shape index (κ2) is 9.00. The van der Waals surface area contributed by atoms with Crippen LogP contribution >= 0.6 is 11.8 Å². The monoisotopic (exact) mass is 424 g/mol. The molecule has 0 saturated heterocycles. The fraction of sp³-hybridized carbons (Fsp3) is 0.348. The number of amides is 1. The van der Waals surface area contributed by atoms with Crippen LogP contribution in [0.25, 0.3) is 11.4 Å². The zero-order valence-electron chi connectivity index (χ0n) is 17.2. The maximum Gasteiger partial charge on any atom is 0.230 e. The van der Waals surface area contributed by atoms with Gasteiger partial charge < -0.3 is 9.88 Å². The Morgan fingerprint density at radius 2 is 1.93 bits per heavy atom. The van der Waals surface area contributed by atoms with Crippen LogP contribution < -0.4 is 5.32 Å². The summed E-state index contributed by atoms with van der Waals surface area (Å²) >= 11 is 1.29. The van der Waals surface area contributed by atoms with Gasteiger partial charge in [-0.05, 0) is 61.4 Å². The summed E-state index contributed by atoms with van der Waals surface area (Å²) in [4.78, 5) is 12.5. The average molecular weight is 425 g/mol. The molecule has 4 rings (SSSR count). The van der Waals surface area contributed by atoms with Crippen LogP contribution in [0.2, 0.25) is 0 Å². The Morgan fingerprint density at radius 1 is 1.17 bits per heavy atom. The van der Waals surface area contributed by atoms with Crippen molar-refractivity contribution in [1.29, 1.82) is 0 Å². The number of carbonyl (C=O) groups is 1. The SMILES string of the molecule is C[C@@H](NC(=O)CSc1nnc(-c2ccccc2F)n1C)c1ccc2c(c1)CCCC2. The summed E-state index contributed by atoms with van der Waals surface area (Å²) in [7, 11) is 1.78. The van der Waals surface area contributed by atoms with Crippen molar-refractivity contribution in [1.82, 2.24) is 20.1 Å². The molecule has 0 fully saturated rings. The molecule has 5 nitrogen and oxygen atoms in total. The highest BCUT2D eigenvalue weighted by atomic mass is 32.2. The number of rotatable bonds is 6. The Balaban J connectivity index is 1.37. The standard InChI is InChI=1S/C23H25FN4OS/c1-15(17-12-11-16-7-3-4-8-18(16)13-17)25-21(29)14-30-23-27-26-22(28(23)2)19-9-5-6-10-20(19)24/h5-6,9-13,15H,3-4,7-8,14H2,1-2H3,(H,25,29)/t15-/m1/s1. The van der Waals surface area contributed by atoms with Gasteiger partial charge in [0.1, 0.15) is 5.82 Å². The molecular weight excluding hydrogens is 399 g/mol. The van der Waals surface area contributed by atoms with Gasteiger partial charge in [0.2, 0.25) is 5.91 Å². The van der Waals surface area contributed by atoms with E-state index in [1.807, 2.05) is 6.92 Å². The number of hydrogen-bond donors (Lipinski definition) is 1. The predicted octanol–water partition coefficient (Wildman–Crippen LogP) is 4.47. The highest BCUT2D eigenvalue weighted by Crippen LogP contribution is 2.26. The molecule has 0 spiro atoms. The number of fused-ring (bicyclic) bond motifs is 1. The summed E-state index contributed by atoms with van der Waals surface area (Å²) in [6, 6.07) is 13.0. The lowest BCUT2D eigenvalue weighted by Gasteiger charge is -2.20. The van der Waals surface area contributed by atoms with Gasteiger partial charge >= 0.3 is 0 Å². The van der Waals surface area contributed by atoms with Gasteiger partial charge in [-0.3, -0.25) is 4.79 Å². The molecule has 1 heterocycles. The molecule has 7 heteroatoms. The van der Waals surface area contributed by atoms with Crippen LogP contribution in [0.1, 0.15) is 42.5 Å². The van der Waals surface area contributed by atoms with Gasteiger partial charge in [0.05, 0.1) is 17.4 Å². The minimum atomic E-state index is -0.346. The number of benzene rings is 2. The summed E-state index contributed by atoms with van der Waals surface area (Å²) in [6.45, 7) is 2.01. The summed E-state index contributed by atoms with van der Waals surface area (Å²) in [6.07, 6.45) is 4.77. The fourth-order valence-electron chi connectivity index (χ4n) is 3.84. The van der Waals surface area contributed by atoms with Crippen molar-refractivity contribution >= 4 is 17.7 Å². The Bertz CT molecular complexity index is 1070. The van der Waals surface area contributed by atoms with E-state index in [9.17, 15) is 9.18 Å². The van der Waals surface area contributed by atoms with Crippen LogP contribution in [0.3, 0.4) is 0 Å². The van der Waals surface area contributed by atoms with Crippen LogP contribution in [0.4, 0.5) is 4.39 Å².